The van der Waals surface area contributed by atoms with Crippen LogP contribution in [-0.4, -0.2) is 28.8 Å². The lowest BCUT2D eigenvalue weighted by atomic mass is 9.87. The largest absolute Gasteiger partial charge is 0.416 e. The fourth-order valence-corrected chi connectivity index (χ4v) is 3.13. The number of rotatable bonds is 4. The number of hydrogen-bond donors (Lipinski definition) is 2. The summed E-state index contributed by atoms with van der Waals surface area (Å²) in [5, 5.41) is 10.2. The molecule has 0 bridgehead atoms. The second-order valence-corrected chi connectivity index (χ2v) is 6.11. The fourth-order valence-electron chi connectivity index (χ4n) is 3.13. The molecule has 0 saturated carbocycles. The van der Waals surface area contributed by atoms with Gasteiger partial charge < -0.3 is 10.6 Å². The molecule has 8 heteroatoms. The molecule has 1 aromatic carbocycles. The molecule has 0 radical (unpaired) electrons. The monoisotopic (exact) mass is 352 g/mol. The highest BCUT2D eigenvalue weighted by molar-refractivity contribution is 5.84. The number of alkyl halides is 3. The summed E-state index contributed by atoms with van der Waals surface area (Å²) in [4.78, 5) is 12.9. The Labute approximate surface area is 143 Å². The summed E-state index contributed by atoms with van der Waals surface area (Å²) in [6.07, 6.45) is 0.108. The topological polar surface area (TPSA) is 59.0 Å². The van der Waals surface area contributed by atoms with Crippen LogP contribution in [0.25, 0.3) is 0 Å². The number of nitrogens with one attached hydrogen (secondary N) is 2. The summed E-state index contributed by atoms with van der Waals surface area (Å²) in [6, 6.07) is 6.74. The molecular weight excluding hydrogens is 333 g/mol. The molecule has 134 valence electrons. The smallest absolute Gasteiger partial charge is 0.350 e. The van der Waals surface area contributed by atoms with Gasteiger partial charge in [0, 0.05) is 18.9 Å². The Balaban J connectivity index is 1.75. The van der Waals surface area contributed by atoms with E-state index in [1.54, 1.807) is 29.2 Å². The van der Waals surface area contributed by atoms with Crippen LogP contribution in [-0.2, 0) is 23.1 Å². The highest BCUT2D eigenvalue weighted by Crippen LogP contribution is 2.30. The molecule has 1 aromatic heterocycles. The standard InChI is InChI=1S/C17H19F3N4O/c18-17(19,20)14-4-1-3-13(11-14)12-22-15(25)16(5-8-21-9-6-16)24-10-2-7-23-24/h1-4,7,10-11,21H,5-6,8-9,12H2,(H,22,25). The van der Waals surface area contributed by atoms with Crippen molar-refractivity contribution >= 4 is 5.91 Å². The van der Waals surface area contributed by atoms with E-state index in [0.29, 0.717) is 31.5 Å². The van der Waals surface area contributed by atoms with Gasteiger partial charge in [-0.05, 0) is 49.7 Å². The summed E-state index contributed by atoms with van der Waals surface area (Å²) in [5.74, 6) is -0.227. The normalized spacial score (nSPS) is 17.2. The number of carbonyl (C=O) groups excluding carboxylic acids is 1. The van der Waals surface area contributed by atoms with Crippen molar-refractivity contribution in [3.05, 3.63) is 53.9 Å². The highest BCUT2D eigenvalue weighted by atomic mass is 19.4. The number of benzene rings is 1. The van der Waals surface area contributed by atoms with Crippen LogP contribution in [0.4, 0.5) is 13.2 Å². The summed E-state index contributed by atoms with van der Waals surface area (Å²) < 4.78 is 40.0. The molecule has 1 saturated heterocycles. The average molecular weight is 352 g/mol. The van der Waals surface area contributed by atoms with E-state index in [9.17, 15) is 18.0 Å². The van der Waals surface area contributed by atoms with Gasteiger partial charge in [-0.1, -0.05) is 12.1 Å². The fraction of sp³-hybridized carbons (Fsp3) is 0.412. The maximum Gasteiger partial charge on any atom is 0.416 e. The van der Waals surface area contributed by atoms with Gasteiger partial charge in [0.25, 0.3) is 0 Å². The van der Waals surface area contributed by atoms with E-state index in [4.69, 9.17) is 0 Å². The molecule has 1 aliphatic heterocycles. The first-order valence-corrected chi connectivity index (χ1v) is 8.07. The van der Waals surface area contributed by atoms with Crippen molar-refractivity contribution in [3.8, 4) is 0 Å². The lowest BCUT2D eigenvalue weighted by molar-refractivity contribution is -0.137. The molecular formula is C17H19F3N4O. The Morgan fingerprint density at radius 1 is 1.28 bits per heavy atom. The Bertz CT molecular complexity index is 722. The first kappa shape index (κ1) is 17.5. The van der Waals surface area contributed by atoms with Crippen LogP contribution in [0.5, 0.6) is 0 Å². The van der Waals surface area contributed by atoms with E-state index in [1.165, 1.54) is 6.07 Å². The first-order chi connectivity index (χ1) is 11.9. The highest BCUT2D eigenvalue weighted by Gasteiger charge is 2.41. The summed E-state index contributed by atoms with van der Waals surface area (Å²) in [7, 11) is 0. The van der Waals surface area contributed by atoms with Crippen molar-refractivity contribution in [1.29, 1.82) is 0 Å². The average Bonchev–Trinajstić information content (AvgIpc) is 3.15. The molecule has 5 nitrogen and oxygen atoms in total. The van der Waals surface area contributed by atoms with Gasteiger partial charge in [0.2, 0.25) is 5.91 Å². The Morgan fingerprint density at radius 3 is 2.68 bits per heavy atom. The maximum absolute atomic E-state index is 12.9. The van der Waals surface area contributed by atoms with Crippen molar-refractivity contribution in [2.45, 2.75) is 31.1 Å². The molecule has 0 aliphatic carbocycles. The number of carbonyl (C=O) groups is 1. The third-order valence-electron chi connectivity index (χ3n) is 4.50. The molecule has 0 unspecified atom stereocenters. The van der Waals surface area contributed by atoms with Gasteiger partial charge in [0.05, 0.1) is 5.56 Å². The van der Waals surface area contributed by atoms with Crippen LogP contribution < -0.4 is 10.6 Å². The van der Waals surface area contributed by atoms with Crippen molar-refractivity contribution in [2.75, 3.05) is 13.1 Å². The lowest BCUT2D eigenvalue weighted by Gasteiger charge is -2.36. The van der Waals surface area contributed by atoms with Crippen LogP contribution in [0, 0.1) is 0 Å². The van der Waals surface area contributed by atoms with Crippen molar-refractivity contribution in [3.63, 3.8) is 0 Å². The minimum atomic E-state index is -4.40. The number of amides is 1. The number of nitrogens with zero attached hydrogens (tertiary/aromatic N) is 2. The zero-order valence-electron chi connectivity index (χ0n) is 13.5. The molecule has 1 amide bonds. The van der Waals surface area contributed by atoms with Crippen LogP contribution in [0.3, 0.4) is 0 Å². The first-order valence-electron chi connectivity index (χ1n) is 8.07. The number of aromatic nitrogens is 2. The van der Waals surface area contributed by atoms with Gasteiger partial charge >= 0.3 is 6.18 Å². The predicted molar refractivity (Wildman–Crippen MR) is 85.6 cm³/mol. The molecule has 25 heavy (non-hydrogen) atoms. The molecule has 0 atom stereocenters. The molecule has 3 rings (SSSR count). The summed E-state index contributed by atoms with van der Waals surface area (Å²) in [5.41, 5.74) is -1.12. The van der Waals surface area contributed by atoms with Gasteiger partial charge in [0.1, 0.15) is 5.54 Å². The van der Waals surface area contributed by atoms with Crippen molar-refractivity contribution in [1.82, 2.24) is 20.4 Å². The minimum Gasteiger partial charge on any atom is -0.350 e. The third-order valence-corrected chi connectivity index (χ3v) is 4.50. The number of piperidine rings is 1. The van der Waals surface area contributed by atoms with E-state index >= 15 is 0 Å². The van der Waals surface area contributed by atoms with Gasteiger partial charge in [0.15, 0.2) is 0 Å². The second kappa shape index (κ2) is 6.87. The molecule has 1 fully saturated rings. The Morgan fingerprint density at radius 2 is 2.04 bits per heavy atom. The van der Waals surface area contributed by atoms with Gasteiger partial charge in [-0.15, -0.1) is 0 Å². The van der Waals surface area contributed by atoms with Gasteiger partial charge in [-0.3, -0.25) is 9.48 Å². The quantitative estimate of drug-likeness (QED) is 0.888. The van der Waals surface area contributed by atoms with Gasteiger partial charge in [-0.25, -0.2) is 0 Å². The predicted octanol–water partition coefficient (Wildman–Crippen LogP) is 2.30. The Kier molecular flexibility index (Phi) is 4.80. The van der Waals surface area contributed by atoms with E-state index in [2.05, 4.69) is 15.7 Å². The summed E-state index contributed by atoms with van der Waals surface area (Å²) >= 11 is 0. The zero-order valence-corrected chi connectivity index (χ0v) is 13.5. The summed E-state index contributed by atoms with van der Waals surface area (Å²) in [6.45, 7) is 1.40. The Hall–Kier alpha value is -2.35. The zero-order chi connectivity index (χ0) is 17.9. The van der Waals surface area contributed by atoms with Crippen LogP contribution in [0.15, 0.2) is 42.7 Å². The van der Waals surface area contributed by atoms with E-state index in [1.807, 2.05) is 0 Å². The third kappa shape index (κ3) is 3.68. The van der Waals surface area contributed by atoms with Crippen LogP contribution >= 0.6 is 0 Å². The van der Waals surface area contributed by atoms with E-state index in [-0.39, 0.29) is 12.5 Å². The van der Waals surface area contributed by atoms with Gasteiger partial charge in [-0.2, -0.15) is 18.3 Å². The van der Waals surface area contributed by atoms with E-state index in [0.717, 1.165) is 12.1 Å². The van der Waals surface area contributed by atoms with Crippen LogP contribution in [0.1, 0.15) is 24.0 Å². The number of halogens is 3. The lowest BCUT2D eigenvalue weighted by Crippen LogP contribution is -2.54. The second-order valence-electron chi connectivity index (χ2n) is 6.11. The molecule has 2 aromatic rings. The van der Waals surface area contributed by atoms with Crippen LogP contribution in [0.2, 0.25) is 0 Å². The molecule has 2 heterocycles. The SMILES string of the molecule is O=C(NCc1cccc(C(F)(F)F)c1)C1(n2cccn2)CCNCC1. The minimum absolute atomic E-state index is 0.0409. The molecule has 0 spiro atoms. The number of hydrogen-bond acceptors (Lipinski definition) is 3. The van der Waals surface area contributed by atoms with Crippen molar-refractivity contribution in [2.24, 2.45) is 0 Å². The van der Waals surface area contributed by atoms with E-state index < -0.39 is 17.3 Å². The maximum atomic E-state index is 12.9. The van der Waals surface area contributed by atoms with Crippen molar-refractivity contribution < 1.29 is 18.0 Å². The molecule has 1 aliphatic rings. The molecule has 2 N–H and O–H groups in total.